The van der Waals surface area contributed by atoms with Crippen molar-refractivity contribution in [2.75, 3.05) is 12.3 Å². The van der Waals surface area contributed by atoms with Crippen LogP contribution in [0.4, 0.5) is 5.82 Å². The average Bonchev–Trinajstić information content (AvgIpc) is 2.94. The Morgan fingerprint density at radius 3 is 2.94 bits per heavy atom. The Balaban J connectivity index is 1.74. The predicted molar refractivity (Wildman–Crippen MR) is 66.2 cm³/mol. The molecule has 17 heavy (non-hydrogen) atoms. The third-order valence-electron chi connectivity index (χ3n) is 3.36. The molecular weight excluding hydrogens is 216 g/mol. The molecule has 2 rings (SSSR count). The van der Waals surface area contributed by atoms with Gasteiger partial charge in [0.15, 0.2) is 0 Å². The Bertz CT molecular complexity index is 395. The molecule has 1 amide bonds. The van der Waals surface area contributed by atoms with Crippen molar-refractivity contribution < 1.29 is 4.79 Å². The molecule has 0 unspecified atom stereocenters. The number of amides is 1. The van der Waals surface area contributed by atoms with Gasteiger partial charge in [-0.2, -0.15) is 5.10 Å². The van der Waals surface area contributed by atoms with Crippen molar-refractivity contribution in [2.45, 2.75) is 39.2 Å². The minimum absolute atomic E-state index is 0.00970. The van der Waals surface area contributed by atoms with Crippen LogP contribution < -0.4 is 11.1 Å². The highest BCUT2D eigenvalue weighted by molar-refractivity contribution is 5.75. The topological polar surface area (TPSA) is 72.9 Å². The lowest BCUT2D eigenvalue weighted by Crippen LogP contribution is -2.33. The van der Waals surface area contributed by atoms with Gasteiger partial charge in [-0.15, -0.1) is 0 Å². The summed E-state index contributed by atoms with van der Waals surface area (Å²) in [6, 6.07) is 1.69. The number of nitrogens with one attached hydrogen (secondary N) is 1. The fourth-order valence-electron chi connectivity index (χ4n) is 2.18. The van der Waals surface area contributed by atoms with Crippen LogP contribution in [0.1, 0.15) is 32.6 Å². The predicted octanol–water partition coefficient (Wildman–Crippen LogP) is 1.16. The summed E-state index contributed by atoms with van der Waals surface area (Å²) in [5.41, 5.74) is 5.88. The zero-order valence-corrected chi connectivity index (χ0v) is 10.3. The lowest BCUT2D eigenvalue weighted by Gasteiger charge is -2.14. The maximum absolute atomic E-state index is 11.7. The van der Waals surface area contributed by atoms with Crippen molar-refractivity contribution in [2.24, 2.45) is 5.41 Å². The molecule has 0 atom stereocenters. The molecule has 5 heteroatoms. The minimum Gasteiger partial charge on any atom is -0.382 e. The Hall–Kier alpha value is -1.52. The van der Waals surface area contributed by atoms with Crippen LogP contribution in [0.2, 0.25) is 0 Å². The summed E-state index contributed by atoms with van der Waals surface area (Å²) in [6.07, 6.45) is 6.60. The van der Waals surface area contributed by atoms with Crippen molar-refractivity contribution in [3.05, 3.63) is 12.3 Å². The molecule has 0 spiro atoms. The Labute approximate surface area is 101 Å². The van der Waals surface area contributed by atoms with Gasteiger partial charge in [0, 0.05) is 12.7 Å². The number of nitrogens with zero attached hydrogens (tertiary/aromatic N) is 2. The van der Waals surface area contributed by atoms with Gasteiger partial charge in [-0.3, -0.25) is 9.48 Å². The molecular formula is C12H20N4O. The molecule has 1 heterocycles. The van der Waals surface area contributed by atoms with E-state index < -0.39 is 0 Å². The molecule has 0 aromatic carbocycles. The summed E-state index contributed by atoms with van der Waals surface area (Å²) in [6.45, 7) is 3.24. The molecule has 1 aromatic rings. The first-order chi connectivity index (χ1) is 8.13. The summed E-state index contributed by atoms with van der Waals surface area (Å²) in [4.78, 5) is 11.7. The zero-order valence-electron chi connectivity index (χ0n) is 10.3. The van der Waals surface area contributed by atoms with Gasteiger partial charge in [0.05, 0.1) is 0 Å². The standard InChI is InChI=1S/C12H20N4O/c1-2-4-12(5-6-12)9-14-11(17)8-16-7-3-10(13)15-16/h3,7H,2,4-6,8-9H2,1H3,(H2,13,15)(H,14,17). The maximum atomic E-state index is 11.7. The second-order valence-corrected chi connectivity index (χ2v) is 4.96. The summed E-state index contributed by atoms with van der Waals surface area (Å²) < 4.78 is 1.56. The van der Waals surface area contributed by atoms with Gasteiger partial charge in [0.1, 0.15) is 12.4 Å². The van der Waals surface area contributed by atoms with Crippen LogP contribution in [0.5, 0.6) is 0 Å². The third kappa shape index (κ3) is 3.22. The summed E-state index contributed by atoms with van der Waals surface area (Å²) >= 11 is 0. The monoisotopic (exact) mass is 236 g/mol. The Kier molecular flexibility index (Phi) is 3.36. The largest absolute Gasteiger partial charge is 0.382 e. The van der Waals surface area contributed by atoms with Crippen molar-refractivity contribution >= 4 is 11.7 Å². The van der Waals surface area contributed by atoms with E-state index in [2.05, 4.69) is 17.3 Å². The first-order valence-electron chi connectivity index (χ1n) is 6.19. The van der Waals surface area contributed by atoms with Gasteiger partial charge in [-0.25, -0.2) is 0 Å². The molecule has 0 bridgehead atoms. The molecule has 1 fully saturated rings. The van der Waals surface area contributed by atoms with E-state index in [1.807, 2.05) is 0 Å². The van der Waals surface area contributed by atoms with Gasteiger partial charge in [-0.1, -0.05) is 13.3 Å². The van der Waals surface area contributed by atoms with E-state index in [4.69, 9.17) is 5.73 Å². The van der Waals surface area contributed by atoms with Crippen LogP contribution in [0.25, 0.3) is 0 Å². The van der Waals surface area contributed by atoms with E-state index in [-0.39, 0.29) is 12.5 Å². The molecule has 1 aromatic heterocycles. The van der Waals surface area contributed by atoms with Crippen molar-refractivity contribution in [3.63, 3.8) is 0 Å². The maximum Gasteiger partial charge on any atom is 0.241 e. The number of hydrogen-bond acceptors (Lipinski definition) is 3. The van der Waals surface area contributed by atoms with Crippen LogP contribution in [-0.2, 0) is 11.3 Å². The molecule has 1 aliphatic carbocycles. The summed E-state index contributed by atoms with van der Waals surface area (Å²) in [5, 5.41) is 6.97. The normalized spacial score (nSPS) is 16.8. The number of rotatable bonds is 6. The average molecular weight is 236 g/mol. The van der Waals surface area contributed by atoms with Crippen molar-refractivity contribution in [1.82, 2.24) is 15.1 Å². The quantitative estimate of drug-likeness (QED) is 0.778. The number of carbonyl (C=O) groups excluding carboxylic acids is 1. The smallest absolute Gasteiger partial charge is 0.241 e. The fourth-order valence-corrected chi connectivity index (χ4v) is 2.18. The van der Waals surface area contributed by atoms with Gasteiger partial charge >= 0.3 is 0 Å². The highest BCUT2D eigenvalue weighted by Gasteiger charge is 2.41. The molecule has 5 nitrogen and oxygen atoms in total. The van der Waals surface area contributed by atoms with Crippen LogP contribution in [0.3, 0.4) is 0 Å². The number of nitrogen functional groups attached to an aromatic ring is 1. The molecule has 0 saturated heterocycles. The Morgan fingerprint density at radius 2 is 2.41 bits per heavy atom. The second-order valence-electron chi connectivity index (χ2n) is 4.96. The van der Waals surface area contributed by atoms with Crippen LogP contribution in [-0.4, -0.2) is 22.2 Å². The highest BCUT2D eigenvalue weighted by Crippen LogP contribution is 2.48. The van der Waals surface area contributed by atoms with Gasteiger partial charge in [-0.05, 0) is 30.7 Å². The minimum atomic E-state index is 0.00970. The van der Waals surface area contributed by atoms with E-state index >= 15 is 0 Å². The third-order valence-corrected chi connectivity index (χ3v) is 3.36. The van der Waals surface area contributed by atoms with E-state index in [1.165, 1.54) is 25.7 Å². The number of hydrogen-bond donors (Lipinski definition) is 2. The van der Waals surface area contributed by atoms with E-state index in [0.29, 0.717) is 11.2 Å². The molecule has 0 aliphatic heterocycles. The Morgan fingerprint density at radius 1 is 1.65 bits per heavy atom. The molecule has 3 N–H and O–H groups in total. The SMILES string of the molecule is CCCC1(CNC(=O)Cn2ccc(N)n2)CC1. The first kappa shape index (κ1) is 12.0. The van der Waals surface area contributed by atoms with E-state index in [1.54, 1.807) is 16.9 Å². The number of carbonyl (C=O) groups is 1. The van der Waals surface area contributed by atoms with Crippen molar-refractivity contribution in [3.8, 4) is 0 Å². The van der Waals surface area contributed by atoms with E-state index in [9.17, 15) is 4.79 Å². The second kappa shape index (κ2) is 4.77. The lowest BCUT2D eigenvalue weighted by molar-refractivity contribution is -0.122. The van der Waals surface area contributed by atoms with Crippen molar-refractivity contribution in [1.29, 1.82) is 0 Å². The lowest BCUT2D eigenvalue weighted by atomic mass is 10.0. The van der Waals surface area contributed by atoms with Gasteiger partial charge in [0.2, 0.25) is 5.91 Å². The number of nitrogens with two attached hydrogens (primary N) is 1. The summed E-state index contributed by atoms with van der Waals surface area (Å²) in [5.74, 6) is 0.456. The van der Waals surface area contributed by atoms with Crippen LogP contribution in [0, 0.1) is 5.41 Å². The van der Waals surface area contributed by atoms with Crippen LogP contribution in [0.15, 0.2) is 12.3 Å². The van der Waals surface area contributed by atoms with E-state index in [0.717, 1.165) is 6.54 Å². The van der Waals surface area contributed by atoms with Gasteiger partial charge in [0.25, 0.3) is 0 Å². The molecule has 94 valence electrons. The fraction of sp³-hybridized carbons (Fsp3) is 0.667. The molecule has 1 aliphatic rings. The van der Waals surface area contributed by atoms with Crippen LogP contribution >= 0.6 is 0 Å². The number of anilines is 1. The molecule has 0 radical (unpaired) electrons. The number of aromatic nitrogens is 2. The summed E-state index contributed by atoms with van der Waals surface area (Å²) in [7, 11) is 0. The first-order valence-corrected chi connectivity index (χ1v) is 6.19. The zero-order chi connectivity index (χ0) is 12.3. The van der Waals surface area contributed by atoms with Gasteiger partial charge < -0.3 is 11.1 Å². The highest BCUT2D eigenvalue weighted by atomic mass is 16.2. The molecule has 1 saturated carbocycles.